The molecule has 0 aromatic heterocycles. The van der Waals surface area contributed by atoms with Crippen molar-refractivity contribution in [3.05, 3.63) is 230 Å². The molecule has 2 heteroatoms. The third kappa shape index (κ3) is 6.53. The highest BCUT2D eigenvalue weighted by molar-refractivity contribution is 6.01. The number of fused-ring (bicyclic) bond motifs is 1. The average Bonchev–Trinajstić information content (AvgIpc) is 3.31. The van der Waals surface area contributed by atoms with E-state index in [4.69, 9.17) is 0 Å². The number of anilines is 6. The van der Waals surface area contributed by atoms with Crippen molar-refractivity contribution in [2.24, 2.45) is 0 Å². The summed E-state index contributed by atoms with van der Waals surface area (Å²) in [5, 5.41) is 2.05. The maximum Gasteiger partial charge on any atom is 0.0645 e. The molecular weight excluding hydrogens is 653 g/mol. The van der Waals surface area contributed by atoms with Crippen LogP contribution in [0.15, 0.2) is 230 Å². The first-order valence-corrected chi connectivity index (χ1v) is 17.8. The second-order valence-electron chi connectivity index (χ2n) is 12.7. The molecule has 0 amide bonds. The first-order valence-electron chi connectivity index (χ1n) is 21.8. The lowest BCUT2D eigenvalue weighted by Crippen LogP contribution is -2.11. The molecule has 9 rings (SSSR count). The van der Waals surface area contributed by atoms with E-state index < -0.39 is 36.3 Å². The minimum absolute atomic E-state index is 0.0188. The Bertz CT molecular complexity index is 3000. The molecule has 0 spiro atoms. The molecule has 0 aliphatic heterocycles. The normalized spacial score (nSPS) is 13.0. The van der Waals surface area contributed by atoms with Crippen molar-refractivity contribution in [3.63, 3.8) is 0 Å². The maximum absolute atomic E-state index is 9.51. The van der Waals surface area contributed by atoms with Gasteiger partial charge in [0.1, 0.15) is 0 Å². The van der Waals surface area contributed by atoms with Crippen molar-refractivity contribution in [1.29, 1.82) is 0 Å². The van der Waals surface area contributed by atoms with Gasteiger partial charge in [0.05, 0.1) is 16.7 Å². The van der Waals surface area contributed by atoms with Crippen LogP contribution in [-0.4, -0.2) is 0 Å². The van der Waals surface area contributed by atoms with Crippen molar-refractivity contribution in [3.8, 4) is 33.4 Å². The van der Waals surface area contributed by atoms with Gasteiger partial charge in [-0.2, -0.15) is 0 Å². The smallest absolute Gasteiger partial charge is 0.0645 e. The summed E-state index contributed by atoms with van der Waals surface area (Å²) >= 11 is 0. The largest absolute Gasteiger partial charge is 0.311 e. The van der Waals surface area contributed by atoms with Gasteiger partial charge in [-0.05, 0) is 105 Å². The molecule has 0 bridgehead atoms. The summed E-state index contributed by atoms with van der Waals surface area (Å²) in [5.74, 6) is 0. The van der Waals surface area contributed by atoms with Crippen LogP contribution in [0.4, 0.5) is 34.1 Å². The van der Waals surface area contributed by atoms with Gasteiger partial charge in [-0.1, -0.05) is 164 Å². The summed E-state index contributed by atoms with van der Waals surface area (Å²) in [5.41, 5.74) is 5.55. The number of para-hydroxylation sites is 4. The number of benzene rings is 9. The average molecular weight is 699 g/mol. The molecule has 0 unspecified atom stereocenters. The molecule has 0 saturated heterocycles. The van der Waals surface area contributed by atoms with E-state index in [-0.39, 0.29) is 34.5 Å². The molecule has 256 valence electrons. The Labute approximate surface area is 328 Å². The van der Waals surface area contributed by atoms with Gasteiger partial charge >= 0.3 is 0 Å². The summed E-state index contributed by atoms with van der Waals surface area (Å²) in [6, 6.07) is 54.6. The lowest BCUT2D eigenvalue weighted by atomic mass is 9.96. The molecule has 9 aromatic rings. The van der Waals surface area contributed by atoms with Crippen LogP contribution in [0.5, 0.6) is 0 Å². The zero-order valence-electron chi connectivity index (χ0n) is 37.2. The molecule has 54 heavy (non-hydrogen) atoms. The van der Waals surface area contributed by atoms with E-state index >= 15 is 0 Å². The van der Waals surface area contributed by atoms with Crippen LogP contribution < -0.4 is 9.80 Å². The topological polar surface area (TPSA) is 6.48 Å². The molecule has 0 fully saturated rings. The van der Waals surface area contributed by atoms with Crippen LogP contribution in [0.25, 0.3) is 44.2 Å². The third-order valence-corrected chi connectivity index (χ3v) is 9.39. The lowest BCUT2D eigenvalue weighted by molar-refractivity contribution is 1.28. The second-order valence-corrected chi connectivity index (χ2v) is 12.7. The number of hydrogen-bond acceptors (Lipinski definition) is 2. The molecule has 2 nitrogen and oxygen atoms in total. The van der Waals surface area contributed by atoms with Gasteiger partial charge in [-0.25, -0.2) is 0 Å². The van der Waals surface area contributed by atoms with Crippen LogP contribution in [0.2, 0.25) is 0 Å². The summed E-state index contributed by atoms with van der Waals surface area (Å²) in [6.07, 6.45) is 0. The fourth-order valence-electron chi connectivity index (χ4n) is 6.83. The van der Waals surface area contributed by atoms with Crippen LogP contribution in [0.1, 0.15) is 11.0 Å². The Hall–Kier alpha value is -7.16. The summed E-state index contributed by atoms with van der Waals surface area (Å²) < 4.78 is 74.7. The van der Waals surface area contributed by atoms with Crippen LogP contribution in [0.3, 0.4) is 0 Å². The monoisotopic (exact) mass is 698 g/mol. The standard InChI is InChI=1S/C52H38N2/c1-4-17-44(18-5-1)53(45-19-6-2-7-20-45)47-35-31-41(32-36-47)39-27-29-40(30-28-39)42-33-37-48(38-34-42)54(46-21-8-3-9-22-46)52-26-13-12-24-51(52)50-25-14-16-43-15-10-11-23-49(43)50/h1-38H/i27D,28D,29D,30D,33D,34D,37D,38D. The summed E-state index contributed by atoms with van der Waals surface area (Å²) in [6.45, 7) is 0. The molecular formula is C52H38N2. The summed E-state index contributed by atoms with van der Waals surface area (Å²) in [4.78, 5) is 3.80. The van der Waals surface area contributed by atoms with E-state index in [1.165, 1.54) is 0 Å². The zero-order valence-corrected chi connectivity index (χ0v) is 29.2. The Morgan fingerprint density at radius 2 is 0.704 bits per heavy atom. The van der Waals surface area contributed by atoms with Gasteiger partial charge in [0.25, 0.3) is 0 Å². The fraction of sp³-hybridized carbons (Fsp3) is 0. The van der Waals surface area contributed by atoms with E-state index in [9.17, 15) is 11.0 Å². The highest BCUT2D eigenvalue weighted by Crippen LogP contribution is 2.43. The number of nitrogens with zero attached hydrogens (tertiary/aromatic N) is 2. The number of rotatable bonds is 9. The van der Waals surface area contributed by atoms with E-state index in [0.29, 0.717) is 16.9 Å². The predicted octanol–water partition coefficient (Wildman–Crippen LogP) is 14.8. The van der Waals surface area contributed by atoms with Gasteiger partial charge in [-0.3, -0.25) is 0 Å². The third-order valence-electron chi connectivity index (χ3n) is 9.39. The summed E-state index contributed by atoms with van der Waals surface area (Å²) in [7, 11) is 0. The van der Waals surface area contributed by atoms with Crippen molar-refractivity contribution < 1.29 is 11.0 Å². The van der Waals surface area contributed by atoms with E-state index in [0.717, 1.165) is 39.0 Å². The maximum atomic E-state index is 9.51. The molecule has 9 aromatic carbocycles. The van der Waals surface area contributed by atoms with Gasteiger partial charge in [0.2, 0.25) is 0 Å². The van der Waals surface area contributed by atoms with Crippen molar-refractivity contribution in [2.75, 3.05) is 9.80 Å². The van der Waals surface area contributed by atoms with Crippen molar-refractivity contribution in [1.82, 2.24) is 0 Å². The van der Waals surface area contributed by atoms with Crippen molar-refractivity contribution in [2.45, 2.75) is 0 Å². The Kier molecular flexibility index (Phi) is 6.84. The quantitative estimate of drug-likeness (QED) is 0.148. The fourth-order valence-corrected chi connectivity index (χ4v) is 6.83. The van der Waals surface area contributed by atoms with Crippen LogP contribution in [-0.2, 0) is 0 Å². The molecule has 0 saturated carbocycles. The molecule has 0 atom stereocenters. The van der Waals surface area contributed by atoms with Gasteiger partial charge in [0, 0.05) is 34.0 Å². The first-order chi connectivity index (χ1) is 30.2. The highest BCUT2D eigenvalue weighted by atomic mass is 15.1. The first kappa shape index (κ1) is 24.9. The molecule has 0 aliphatic carbocycles. The minimum atomic E-state index is -0.482. The molecule has 0 heterocycles. The van der Waals surface area contributed by atoms with Crippen molar-refractivity contribution >= 4 is 44.9 Å². The lowest BCUT2D eigenvalue weighted by Gasteiger charge is -2.28. The second kappa shape index (κ2) is 14.8. The highest BCUT2D eigenvalue weighted by Gasteiger charge is 2.18. The SMILES string of the molecule is [2H]c1c([2H])c(-c2c([2H])c([2H])c(N(c3ccccc3)c3ccccc3-c3cccc4ccccc34)c([2H])c2[2H])c([2H])c([2H])c1-c1ccc(N(c2ccccc2)c2ccccc2)cc1. The van der Waals surface area contributed by atoms with Gasteiger partial charge < -0.3 is 9.80 Å². The van der Waals surface area contributed by atoms with Crippen LogP contribution in [0, 0.1) is 0 Å². The Balaban J connectivity index is 1.17. The number of hydrogen-bond donors (Lipinski definition) is 0. The van der Waals surface area contributed by atoms with E-state index in [1.807, 2.05) is 170 Å². The van der Waals surface area contributed by atoms with Gasteiger partial charge in [-0.15, -0.1) is 0 Å². The molecule has 0 N–H and O–H groups in total. The molecule has 0 radical (unpaired) electrons. The zero-order chi connectivity index (χ0) is 43.1. The predicted molar refractivity (Wildman–Crippen MR) is 230 cm³/mol. The Morgan fingerprint density at radius 1 is 0.278 bits per heavy atom. The Morgan fingerprint density at radius 3 is 1.31 bits per heavy atom. The minimum Gasteiger partial charge on any atom is -0.311 e. The van der Waals surface area contributed by atoms with E-state index in [2.05, 4.69) is 4.90 Å². The van der Waals surface area contributed by atoms with E-state index in [1.54, 1.807) is 17.0 Å². The van der Waals surface area contributed by atoms with Crippen LogP contribution >= 0.6 is 0 Å². The molecule has 0 aliphatic rings. The van der Waals surface area contributed by atoms with Gasteiger partial charge in [0.15, 0.2) is 0 Å².